The molecule has 3 aliphatic carbocycles. The van der Waals surface area contributed by atoms with Crippen LogP contribution in [0.4, 0.5) is 0 Å². The number of allylic oxidation sites excluding steroid dienone is 2. The Bertz CT molecular complexity index is 1210. The number of aromatic nitrogens is 1. The van der Waals surface area contributed by atoms with Gasteiger partial charge < -0.3 is 19.9 Å². The topological polar surface area (TPSA) is 82.5 Å². The zero-order valence-electron chi connectivity index (χ0n) is 23.6. The molecule has 4 aliphatic rings. The van der Waals surface area contributed by atoms with E-state index in [9.17, 15) is 9.90 Å². The van der Waals surface area contributed by atoms with Crippen LogP contribution in [0.15, 0.2) is 47.7 Å². The molecule has 37 heavy (non-hydrogen) atoms. The molecule has 1 aromatic heterocycles. The standard InChI is InChI=1S/C27H31NO3.C3H8O.C2H6/c1-25(2,30)24-20(29)13-16-18-9-11-26(3)14-17-15-7-5-6-8-19(15)28-22(17)23(26)27(18,4)12-10-21(16)31-24;1-2-3-4;1-2/h5-8,10,13,18,23-24,28,30H,9,11-12,14H2,1-4H3;4H,2-3H2,1H3;1-2H3. The highest BCUT2D eigenvalue weighted by Gasteiger charge is 2.60. The lowest BCUT2D eigenvalue weighted by Gasteiger charge is -2.56. The molecule has 1 saturated carbocycles. The normalized spacial score (nSPS) is 31.7. The minimum absolute atomic E-state index is 0.0274. The zero-order chi connectivity index (χ0) is 27.2. The van der Waals surface area contributed by atoms with E-state index in [0.29, 0.717) is 12.5 Å². The second-order valence-corrected chi connectivity index (χ2v) is 12.1. The van der Waals surface area contributed by atoms with Gasteiger partial charge in [0.25, 0.3) is 0 Å². The molecule has 0 bridgehead atoms. The smallest absolute Gasteiger partial charge is 0.199 e. The molecule has 0 amide bonds. The SMILES string of the molecule is CC.CC(C)(O)C1OC2=CCC3(C)C(CCC4(C)Cc5c([nH]c6ccccc56)C43)C2=CC1=O.CCCO. The van der Waals surface area contributed by atoms with Crippen molar-refractivity contribution in [2.75, 3.05) is 6.61 Å². The van der Waals surface area contributed by atoms with Crippen LogP contribution < -0.4 is 0 Å². The van der Waals surface area contributed by atoms with Crippen molar-refractivity contribution in [1.29, 1.82) is 0 Å². The van der Waals surface area contributed by atoms with Crippen molar-refractivity contribution in [3.8, 4) is 0 Å². The number of H-pyrrole nitrogens is 1. The number of ketones is 1. The predicted octanol–water partition coefficient (Wildman–Crippen LogP) is 6.60. The van der Waals surface area contributed by atoms with Gasteiger partial charge >= 0.3 is 0 Å². The number of fused-ring (bicyclic) bond motifs is 9. The fourth-order valence-electron chi connectivity index (χ4n) is 7.44. The molecule has 2 aromatic rings. The van der Waals surface area contributed by atoms with E-state index in [1.54, 1.807) is 19.9 Å². The predicted molar refractivity (Wildman–Crippen MR) is 149 cm³/mol. The fraction of sp³-hybridized carbons (Fsp3) is 0.594. The molecule has 1 aliphatic heterocycles. The summed E-state index contributed by atoms with van der Waals surface area (Å²) in [5, 5.41) is 19.7. The van der Waals surface area contributed by atoms with Crippen molar-refractivity contribution in [3.63, 3.8) is 0 Å². The molecule has 6 rings (SSSR count). The molecule has 5 heteroatoms. The number of nitrogens with one attached hydrogen (secondary N) is 1. The van der Waals surface area contributed by atoms with Crippen LogP contribution in [0.25, 0.3) is 10.9 Å². The first-order valence-electron chi connectivity index (χ1n) is 14.1. The van der Waals surface area contributed by atoms with E-state index in [1.807, 2.05) is 20.8 Å². The lowest BCUT2D eigenvalue weighted by molar-refractivity contribution is -0.139. The van der Waals surface area contributed by atoms with Crippen LogP contribution in [0.2, 0.25) is 0 Å². The summed E-state index contributed by atoms with van der Waals surface area (Å²) in [6.45, 7) is 14.4. The van der Waals surface area contributed by atoms with Crippen molar-refractivity contribution in [3.05, 3.63) is 59.0 Å². The van der Waals surface area contributed by atoms with E-state index in [-0.39, 0.29) is 22.5 Å². The Morgan fingerprint density at radius 3 is 2.51 bits per heavy atom. The van der Waals surface area contributed by atoms with Gasteiger partial charge in [-0.05, 0) is 86.5 Å². The first kappa shape index (κ1) is 27.7. The summed E-state index contributed by atoms with van der Waals surface area (Å²) in [4.78, 5) is 16.7. The zero-order valence-corrected chi connectivity index (χ0v) is 23.6. The number of carbonyl (C=O) groups excluding carboxylic acids is 1. The Morgan fingerprint density at radius 2 is 1.86 bits per heavy atom. The molecule has 5 unspecified atom stereocenters. The summed E-state index contributed by atoms with van der Waals surface area (Å²) < 4.78 is 6.10. The van der Waals surface area contributed by atoms with Gasteiger partial charge in [-0.1, -0.05) is 52.8 Å². The van der Waals surface area contributed by atoms with E-state index in [0.717, 1.165) is 43.4 Å². The second kappa shape index (κ2) is 10.1. The lowest BCUT2D eigenvalue weighted by atomic mass is 9.48. The third-order valence-electron chi connectivity index (χ3n) is 8.93. The number of benzene rings is 1. The Morgan fingerprint density at radius 1 is 1.19 bits per heavy atom. The van der Waals surface area contributed by atoms with Crippen LogP contribution in [0.1, 0.15) is 91.3 Å². The molecule has 5 atom stereocenters. The van der Waals surface area contributed by atoms with Crippen LogP contribution in [0.3, 0.4) is 0 Å². The number of rotatable bonds is 2. The highest BCUT2D eigenvalue weighted by Crippen LogP contribution is 2.68. The number of ether oxygens (including phenoxy) is 1. The number of aromatic amines is 1. The number of aliphatic hydroxyl groups excluding tert-OH is 1. The summed E-state index contributed by atoms with van der Waals surface area (Å²) in [6, 6.07) is 8.66. The van der Waals surface area contributed by atoms with Crippen LogP contribution >= 0.6 is 0 Å². The minimum atomic E-state index is -1.20. The van der Waals surface area contributed by atoms with Gasteiger partial charge in [-0.3, -0.25) is 4.79 Å². The molecule has 0 radical (unpaired) electrons. The molecule has 0 spiro atoms. The van der Waals surface area contributed by atoms with Crippen molar-refractivity contribution in [1.82, 2.24) is 4.98 Å². The summed E-state index contributed by atoms with van der Waals surface area (Å²) in [5.74, 6) is 1.40. The van der Waals surface area contributed by atoms with E-state index < -0.39 is 11.7 Å². The quantitative estimate of drug-likeness (QED) is 0.428. The Balaban J connectivity index is 0.000000490. The lowest BCUT2D eigenvalue weighted by Crippen LogP contribution is -2.51. The van der Waals surface area contributed by atoms with Gasteiger partial charge in [-0.2, -0.15) is 0 Å². The average Bonchev–Trinajstić information content (AvgIpc) is 3.36. The molecule has 3 N–H and O–H groups in total. The Labute approximate surface area is 222 Å². The van der Waals surface area contributed by atoms with E-state index in [1.165, 1.54) is 22.2 Å². The molecule has 0 saturated heterocycles. The van der Waals surface area contributed by atoms with Gasteiger partial charge in [-0.15, -0.1) is 0 Å². The number of hydrogen-bond donors (Lipinski definition) is 3. The molecule has 2 heterocycles. The minimum Gasteiger partial charge on any atom is -0.479 e. The highest BCUT2D eigenvalue weighted by atomic mass is 16.5. The molecule has 202 valence electrons. The summed E-state index contributed by atoms with van der Waals surface area (Å²) in [7, 11) is 0. The fourth-order valence-corrected chi connectivity index (χ4v) is 7.44. The van der Waals surface area contributed by atoms with Crippen LogP contribution in [-0.2, 0) is 16.0 Å². The largest absolute Gasteiger partial charge is 0.479 e. The van der Waals surface area contributed by atoms with Crippen molar-refractivity contribution < 1.29 is 19.7 Å². The van der Waals surface area contributed by atoms with Crippen molar-refractivity contribution >= 4 is 16.7 Å². The van der Waals surface area contributed by atoms with E-state index >= 15 is 0 Å². The first-order valence-corrected chi connectivity index (χ1v) is 14.1. The van der Waals surface area contributed by atoms with E-state index in [4.69, 9.17) is 9.84 Å². The third kappa shape index (κ3) is 4.48. The molecule has 5 nitrogen and oxygen atoms in total. The van der Waals surface area contributed by atoms with Gasteiger partial charge in [0.1, 0.15) is 11.4 Å². The van der Waals surface area contributed by atoms with Crippen molar-refractivity contribution in [2.45, 2.75) is 98.2 Å². The molecular formula is C32H45NO4. The molecule has 1 fully saturated rings. The van der Waals surface area contributed by atoms with Crippen LogP contribution in [-0.4, -0.2) is 39.3 Å². The van der Waals surface area contributed by atoms with Gasteiger partial charge in [0, 0.05) is 34.7 Å². The number of aliphatic hydroxyl groups is 2. The highest BCUT2D eigenvalue weighted by molar-refractivity contribution is 5.97. The maximum atomic E-state index is 12.9. The van der Waals surface area contributed by atoms with Crippen LogP contribution in [0.5, 0.6) is 0 Å². The van der Waals surface area contributed by atoms with E-state index in [2.05, 4.69) is 49.2 Å². The summed E-state index contributed by atoms with van der Waals surface area (Å²) in [6.07, 6.45) is 8.26. The maximum absolute atomic E-state index is 12.9. The number of para-hydroxylation sites is 1. The van der Waals surface area contributed by atoms with Gasteiger partial charge in [0.05, 0.1) is 0 Å². The average molecular weight is 508 g/mol. The maximum Gasteiger partial charge on any atom is 0.199 e. The third-order valence-corrected chi connectivity index (χ3v) is 8.93. The summed E-state index contributed by atoms with van der Waals surface area (Å²) >= 11 is 0. The second-order valence-electron chi connectivity index (χ2n) is 12.1. The number of hydrogen-bond acceptors (Lipinski definition) is 4. The molecule has 1 aromatic carbocycles. The van der Waals surface area contributed by atoms with Crippen LogP contribution in [0, 0.1) is 16.7 Å². The first-order chi connectivity index (χ1) is 17.5. The molecular weight excluding hydrogens is 462 g/mol. The number of carbonyl (C=O) groups is 1. The Hall–Kier alpha value is -2.37. The van der Waals surface area contributed by atoms with Gasteiger partial charge in [0.2, 0.25) is 0 Å². The van der Waals surface area contributed by atoms with Gasteiger partial charge in [0.15, 0.2) is 11.9 Å². The van der Waals surface area contributed by atoms with Gasteiger partial charge in [-0.25, -0.2) is 0 Å². The summed E-state index contributed by atoms with van der Waals surface area (Å²) in [5.41, 5.74) is 4.24. The van der Waals surface area contributed by atoms with Crippen molar-refractivity contribution in [2.24, 2.45) is 16.7 Å². The Kier molecular flexibility index (Phi) is 7.53. The monoisotopic (exact) mass is 507 g/mol.